The summed E-state index contributed by atoms with van der Waals surface area (Å²) in [6, 6.07) is 53.8. The predicted octanol–water partition coefficient (Wildman–Crippen LogP) is 10.4. The van der Waals surface area contributed by atoms with Crippen molar-refractivity contribution in [2.24, 2.45) is 0 Å². The molecule has 6 aromatic carbocycles. The van der Waals surface area contributed by atoms with Gasteiger partial charge in [-0.15, -0.1) is 0 Å². The van der Waals surface area contributed by atoms with Gasteiger partial charge >= 0.3 is 0 Å². The Morgan fingerprint density at radius 3 is 1.67 bits per heavy atom. The zero-order valence-electron chi connectivity index (χ0n) is 24.7. The van der Waals surface area contributed by atoms with E-state index in [-0.39, 0.29) is 0 Å². The monoisotopic (exact) mass is 590 g/mol. The molecular weight excluding hydrogens is 564 g/mol. The molecule has 46 heavy (non-hydrogen) atoms. The summed E-state index contributed by atoms with van der Waals surface area (Å²) in [4.78, 5) is 15.2. The van der Waals surface area contributed by atoms with Gasteiger partial charge in [-0.1, -0.05) is 133 Å². The van der Waals surface area contributed by atoms with Gasteiger partial charge in [0.25, 0.3) is 0 Å². The van der Waals surface area contributed by atoms with E-state index < -0.39 is 0 Å². The van der Waals surface area contributed by atoms with Gasteiger partial charge in [0, 0.05) is 27.5 Å². The number of benzene rings is 6. The molecule has 9 aromatic rings. The third-order valence-electron chi connectivity index (χ3n) is 8.48. The van der Waals surface area contributed by atoms with Gasteiger partial charge in [0.15, 0.2) is 11.6 Å². The molecule has 0 saturated heterocycles. The van der Waals surface area contributed by atoms with E-state index in [0.29, 0.717) is 17.6 Å². The molecule has 5 nitrogen and oxygen atoms in total. The Labute approximate surface area is 265 Å². The first-order valence-electron chi connectivity index (χ1n) is 15.3. The maximum absolute atomic E-state index is 6.59. The number of aromatic nitrogens is 4. The van der Waals surface area contributed by atoms with Crippen LogP contribution >= 0.6 is 0 Å². The van der Waals surface area contributed by atoms with Gasteiger partial charge in [0.1, 0.15) is 11.3 Å². The highest BCUT2D eigenvalue weighted by atomic mass is 16.3. The molecular formula is C41H26N4O. The molecule has 3 aromatic heterocycles. The number of para-hydroxylation sites is 1. The van der Waals surface area contributed by atoms with Crippen LogP contribution in [0.25, 0.3) is 83.9 Å². The van der Waals surface area contributed by atoms with Crippen molar-refractivity contribution in [2.45, 2.75) is 0 Å². The number of hydrogen-bond donors (Lipinski definition) is 0. The van der Waals surface area contributed by atoms with Crippen molar-refractivity contribution in [1.82, 2.24) is 19.5 Å². The highest BCUT2D eigenvalue weighted by molar-refractivity contribution is 6.19. The Morgan fingerprint density at radius 2 is 0.978 bits per heavy atom. The smallest absolute Gasteiger partial charge is 0.238 e. The summed E-state index contributed by atoms with van der Waals surface area (Å²) in [6.07, 6.45) is 0. The molecule has 3 heterocycles. The molecule has 0 aliphatic rings. The van der Waals surface area contributed by atoms with E-state index in [1.54, 1.807) is 0 Å². The zero-order chi connectivity index (χ0) is 30.5. The molecule has 0 bridgehead atoms. The molecule has 0 atom stereocenters. The van der Waals surface area contributed by atoms with Crippen LogP contribution in [0, 0.1) is 0 Å². The van der Waals surface area contributed by atoms with E-state index in [2.05, 4.69) is 108 Å². The number of furan rings is 1. The second-order valence-electron chi connectivity index (χ2n) is 11.3. The average Bonchev–Trinajstić information content (AvgIpc) is 3.72. The summed E-state index contributed by atoms with van der Waals surface area (Å²) >= 11 is 0. The average molecular weight is 591 g/mol. The molecule has 0 saturated carbocycles. The quantitative estimate of drug-likeness (QED) is 0.200. The maximum atomic E-state index is 6.59. The van der Waals surface area contributed by atoms with Crippen LogP contribution in [-0.4, -0.2) is 19.5 Å². The molecule has 0 radical (unpaired) electrons. The lowest BCUT2D eigenvalue weighted by Crippen LogP contribution is -2.06. The molecule has 0 amide bonds. The minimum atomic E-state index is 0.552. The number of hydrogen-bond acceptors (Lipinski definition) is 4. The van der Waals surface area contributed by atoms with E-state index in [0.717, 1.165) is 60.8 Å². The van der Waals surface area contributed by atoms with E-state index in [9.17, 15) is 0 Å². The molecule has 0 N–H and O–H groups in total. The minimum Gasteiger partial charge on any atom is -0.455 e. The third kappa shape index (κ3) is 4.37. The lowest BCUT2D eigenvalue weighted by atomic mass is 10.0. The van der Waals surface area contributed by atoms with Crippen LogP contribution in [0.2, 0.25) is 0 Å². The third-order valence-corrected chi connectivity index (χ3v) is 8.48. The number of fused-ring (bicyclic) bond motifs is 5. The van der Waals surface area contributed by atoms with Crippen LogP contribution in [0.5, 0.6) is 0 Å². The summed E-state index contributed by atoms with van der Waals surface area (Å²) in [5.74, 6) is 2.62. The van der Waals surface area contributed by atoms with Crippen molar-refractivity contribution in [1.29, 1.82) is 0 Å². The van der Waals surface area contributed by atoms with E-state index in [4.69, 9.17) is 19.4 Å². The van der Waals surface area contributed by atoms with Gasteiger partial charge in [-0.25, -0.2) is 4.98 Å². The van der Waals surface area contributed by atoms with Crippen molar-refractivity contribution in [3.63, 3.8) is 0 Å². The molecule has 9 rings (SSSR count). The van der Waals surface area contributed by atoms with Gasteiger partial charge < -0.3 is 4.42 Å². The molecule has 0 spiro atoms. The molecule has 0 fully saturated rings. The van der Waals surface area contributed by atoms with Crippen molar-refractivity contribution < 1.29 is 4.42 Å². The van der Waals surface area contributed by atoms with Crippen molar-refractivity contribution in [2.75, 3.05) is 0 Å². The number of rotatable bonds is 5. The minimum absolute atomic E-state index is 0.552. The van der Waals surface area contributed by atoms with Gasteiger partial charge in [0.05, 0.1) is 16.4 Å². The van der Waals surface area contributed by atoms with Gasteiger partial charge in [0.2, 0.25) is 5.95 Å². The summed E-state index contributed by atoms with van der Waals surface area (Å²) in [5, 5.41) is 3.16. The largest absolute Gasteiger partial charge is 0.455 e. The fourth-order valence-electron chi connectivity index (χ4n) is 6.26. The molecule has 0 aliphatic carbocycles. The van der Waals surface area contributed by atoms with E-state index in [1.807, 2.05) is 54.6 Å². The highest BCUT2D eigenvalue weighted by Crippen LogP contribution is 2.39. The Bertz CT molecular complexity index is 2500. The molecule has 0 unspecified atom stereocenters. The van der Waals surface area contributed by atoms with Crippen LogP contribution in [0.15, 0.2) is 162 Å². The first kappa shape index (κ1) is 26.1. The summed E-state index contributed by atoms with van der Waals surface area (Å²) < 4.78 is 8.72. The van der Waals surface area contributed by atoms with E-state index >= 15 is 0 Å². The van der Waals surface area contributed by atoms with Crippen LogP contribution < -0.4 is 0 Å². The lowest BCUT2D eigenvalue weighted by molar-refractivity contribution is 0.635. The second-order valence-corrected chi connectivity index (χ2v) is 11.3. The topological polar surface area (TPSA) is 56.7 Å². The second kappa shape index (κ2) is 10.7. The van der Waals surface area contributed by atoms with Crippen LogP contribution in [0.4, 0.5) is 0 Å². The van der Waals surface area contributed by atoms with Crippen molar-refractivity contribution in [3.05, 3.63) is 158 Å². The fourth-order valence-corrected chi connectivity index (χ4v) is 6.26. The standard InChI is InChI=1S/C41H26N4O/c1-4-12-27(13-5-1)28-20-22-31(23-21-28)40-42-39(30-16-8-3-9-17-30)43-41(44-40)45-34-19-11-10-18-33(34)37-35(45)25-24-32-26-36(46-38(32)37)29-14-6-2-7-15-29/h1-26H. The van der Waals surface area contributed by atoms with Gasteiger partial charge in [-0.3, -0.25) is 4.57 Å². The summed E-state index contributed by atoms with van der Waals surface area (Å²) in [6.45, 7) is 0. The predicted molar refractivity (Wildman–Crippen MR) is 186 cm³/mol. The number of nitrogens with zero attached hydrogens (tertiary/aromatic N) is 4. The first-order valence-corrected chi connectivity index (χ1v) is 15.3. The fraction of sp³-hybridized carbons (Fsp3) is 0. The normalized spacial score (nSPS) is 11.5. The molecule has 0 aliphatic heterocycles. The van der Waals surface area contributed by atoms with Crippen LogP contribution in [0.3, 0.4) is 0 Å². The summed E-state index contributed by atoms with van der Waals surface area (Å²) in [5.41, 5.74) is 8.01. The Balaban J connectivity index is 1.27. The SMILES string of the molecule is c1ccc(-c2ccc(-c3nc(-c4ccccc4)nc(-n4c5ccccc5c5c6oc(-c7ccccc7)cc6ccc54)n3)cc2)cc1. The van der Waals surface area contributed by atoms with Gasteiger partial charge in [-0.2, -0.15) is 9.97 Å². The van der Waals surface area contributed by atoms with E-state index in [1.165, 1.54) is 5.56 Å². The highest BCUT2D eigenvalue weighted by Gasteiger charge is 2.21. The Hall–Kier alpha value is -6.33. The molecule has 5 heteroatoms. The zero-order valence-corrected chi connectivity index (χ0v) is 24.7. The van der Waals surface area contributed by atoms with Crippen LogP contribution in [0.1, 0.15) is 0 Å². The first-order chi connectivity index (χ1) is 22.8. The van der Waals surface area contributed by atoms with Crippen molar-refractivity contribution >= 4 is 32.8 Å². The Kier molecular flexibility index (Phi) is 6.06. The van der Waals surface area contributed by atoms with Gasteiger partial charge in [-0.05, 0) is 35.4 Å². The summed E-state index contributed by atoms with van der Waals surface area (Å²) in [7, 11) is 0. The maximum Gasteiger partial charge on any atom is 0.238 e. The van der Waals surface area contributed by atoms with Crippen molar-refractivity contribution in [3.8, 4) is 51.2 Å². The lowest BCUT2D eigenvalue weighted by Gasteiger charge is -2.11. The molecule has 216 valence electrons. The van der Waals surface area contributed by atoms with Crippen LogP contribution in [-0.2, 0) is 0 Å². The Morgan fingerprint density at radius 1 is 0.435 bits per heavy atom.